The highest BCUT2D eigenvalue weighted by Gasteiger charge is 2.34. The summed E-state index contributed by atoms with van der Waals surface area (Å²) in [5.74, 6) is -0.432. The van der Waals surface area contributed by atoms with Crippen LogP contribution in [-0.2, 0) is 25.5 Å². The third-order valence-electron chi connectivity index (χ3n) is 4.20. The van der Waals surface area contributed by atoms with E-state index in [1.54, 1.807) is 25.2 Å². The highest BCUT2D eigenvalue weighted by Crippen LogP contribution is 2.33. The van der Waals surface area contributed by atoms with E-state index in [-0.39, 0.29) is 4.90 Å². The monoisotopic (exact) mass is 365 g/mol. The van der Waals surface area contributed by atoms with E-state index in [4.69, 9.17) is 8.92 Å². The van der Waals surface area contributed by atoms with Crippen LogP contribution in [0.5, 0.6) is 0 Å². The van der Waals surface area contributed by atoms with Gasteiger partial charge in [0.2, 0.25) is 0 Å². The van der Waals surface area contributed by atoms with Crippen molar-refractivity contribution >= 4 is 10.1 Å². The summed E-state index contributed by atoms with van der Waals surface area (Å²) < 4.78 is 50.4. The lowest BCUT2D eigenvalue weighted by atomic mass is 9.96. The molecule has 2 aromatic carbocycles. The van der Waals surface area contributed by atoms with Gasteiger partial charge in [0.1, 0.15) is 11.9 Å². The normalized spacial score (nSPS) is 18.6. The van der Waals surface area contributed by atoms with Crippen LogP contribution in [0, 0.1) is 12.7 Å². The molecule has 0 fully saturated rings. The molecule has 0 spiro atoms. The molecule has 1 unspecified atom stereocenters. The second-order valence-electron chi connectivity index (χ2n) is 5.93. The van der Waals surface area contributed by atoms with Gasteiger partial charge in [0.15, 0.2) is 6.23 Å². The summed E-state index contributed by atoms with van der Waals surface area (Å²) >= 11 is 0. The van der Waals surface area contributed by atoms with Crippen LogP contribution >= 0.6 is 0 Å². The Bertz CT molecular complexity index is 852. The molecule has 7 heteroatoms. The molecule has 0 amide bonds. The molecule has 1 N–H and O–H groups in total. The summed E-state index contributed by atoms with van der Waals surface area (Å²) in [5, 5.41) is 2.78. The van der Waals surface area contributed by atoms with Crippen molar-refractivity contribution in [2.75, 3.05) is 13.7 Å². The highest BCUT2D eigenvalue weighted by atomic mass is 32.2. The molecule has 1 heterocycles. The van der Waals surface area contributed by atoms with Gasteiger partial charge >= 0.3 is 0 Å². The topological polar surface area (TPSA) is 64.6 Å². The molecule has 2 aromatic rings. The maximum absolute atomic E-state index is 14.3. The molecule has 5 nitrogen and oxygen atoms in total. The molecule has 0 bridgehead atoms. The number of rotatable bonds is 5. The SMILES string of the molecule is CN[C@H](OS(=O)(=O)c1ccc(C)cc1)C1OCCc2cccc(F)c21. The zero-order chi connectivity index (χ0) is 18.0. The van der Waals surface area contributed by atoms with E-state index in [1.807, 2.05) is 13.0 Å². The first kappa shape index (κ1) is 18.0. The van der Waals surface area contributed by atoms with Crippen molar-refractivity contribution in [1.82, 2.24) is 5.32 Å². The van der Waals surface area contributed by atoms with Gasteiger partial charge < -0.3 is 4.74 Å². The second-order valence-corrected chi connectivity index (χ2v) is 7.50. The first-order valence-corrected chi connectivity index (χ1v) is 9.39. The Labute approximate surface area is 146 Å². The van der Waals surface area contributed by atoms with Crippen molar-refractivity contribution in [3.63, 3.8) is 0 Å². The standard InChI is InChI=1S/C18H20FNO4S/c1-12-6-8-14(9-7-12)25(21,22)24-18(20-2)17-16-13(10-11-23-17)4-3-5-15(16)19/h3-9,17-18,20H,10-11H2,1-2H3/t17?,18-/m1/s1. The molecule has 0 saturated carbocycles. The lowest BCUT2D eigenvalue weighted by Crippen LogP contribution is -2.40. The van der Waals surface area contributed by atoms with Crippen LogP contribution in [0.25, 0.3) is 0 Å². The minimum absolute atomic E-state index is 0.0444. The molecule has 25 heavy (non-hydrogen) atoms. The average molecular weight is 365 g/mol. The van der Waals surface area contributed by atoms with Gasteiger partial charge in [-0.25, -0.2) is 8.57 Å². The zero-order valence-electron chi connectivity index (χ0n) is 14.0. The fourth-order valence-corrected chi connectivity index (χ4v) is 3.93. The van der Waals surface area contributed by atoms with Crippen LogP contribution < -0.4 is 5.32 Å². The summed E-state index contributed by atoms with van der Waals surface area (Å²) in [5.41, 5.74) is 2.08. The van der Waals surface area contributed by atoms with Crippen LogP contribution in [-0.4, -0.2) is 28.3 Å². The third kappa shape index (κ3) is 3.74. The number of fused-ring (bicyclic) bond motifs is 1. The fourth-order valence-electron chi connectivity index (χ4n) is 2.88. The van der Waals surface area contributed by atoms with Crippen LogP contribution in [0.1, 0.15) is 22.8 Å². The van der Waals surface area contributed by atoms with E-state index in [0.717, 1.165) is 11.1 Å². The minimum Gasteiger partial charge on any atom is -0.369 e. The third-order valence-corrected chi connectivity index (χ3v) is 5.51. The Kier molecular flexibility index (Phi) is 5.19. The lowest BCUT2D eigenvalue weighted by molar-refractivity contribution is -0.0454. The molecule has 1 aliphatic heterocycles. The quantitative estimate of drug-likeness (QED) is 0.652. The van der Waals surface area contributed by atoms with Gasteiger partial charge in [-0.1, -0.05) is 29.8 Å². The van der Waals surface area contributed by atoms with Crippen molar-refractivity contribution in [3.8, 4) is 0 Å². The van der Waals surface area contributed by atoms with Gasteiger partial charge in [0, 0.05) is 5.56 Å². The maximum atomic E-state index is 14.3. The Hall–Kier alpha value is -1.80. The first-order valence-electron chi connectivity index (χ1n) is 7.98. The van der Waals surface area contributed by atoms with E-state index in [1.165, 1.54) is 18.2 Å². The van der Waals surface area contributed by atoms with Crippen molar-refractivity contribution in [3.05, 3.63) is 65.0 Å². The minimum atomic E-state index is -4.02. The van der Waals surface area contributed by atoms with Crippen LogP contribution in [0.2, 0.25) is 0 Å². The molecule has 3 rings (SSSR count). The molecule has 134 valence electrons. The summed E-state index contributed by atoms with van der Waals surface area (Å²) in [7, 11) is -2.47. The van der Waals surface area contributed by atoms with Gasteiger partial charge in [-0.3, -0.25) is 5.32 Å². The van der Waals surface area contributed by atoms with Crippen molar-refractivity contribution < 1.29 is 21.7 Å². The van der Waals surface area contributed by atoms with E-state index in [2.05, 4.69) is 5.32 Å². The lowest BCUT2D eigenvalue weighted by Gasteiger charge is -2.31. The number of hydrogen-bond acceptors (Lipinski definition) is 5. The van der Waals surface area contributed by atoms with Crippen molar-refractivity contribution in [2.45, 2.75) is 30.6 Å². The summed E-state index contributed by atoms with van der Waals surface area (Å²) in [4.78, 5) is 0.0444. The van der Waals surface area contributed by atoms with Crippen molar-refractivity contribution in [1.29, 1.82) is 0 Å². The van der Waals surface area contributed by atoms with Gasteiger partial charge in [-0.05, 0) is 44.2 Å². The molecule has 1 aliphatic rings. The van der Waals surface area contributed by atoms with Gasteiger partial charge in [0.25, 0.3) is 10.1 Å². The number of ether oxygens (including phenoxy) is 1. The molecule has 0 aromatic heterocycles. The molecule has 0 radical (unpaired) electrons. The average Bonchev–Trinajstić information content (AvgIpc) is 2.60. The number of hydrogen-bond donors (Lipinski definition) is 1. The van der Waals surface area contributed by atoms with E-state index in [9.17, 15) is 12.8 Å². The summed E-state index contributed by atoms with van der Waals surface area (Å²) in [6, 6.07) is 11.1. The van der Waals surface area contributed by atoms with Crippen LogP contribution in [0.4, 0.5) is 4.39 Å². The molecular formula is C18H20FNO4S. The Morgan fingerprint density at radius 3 is 2.64 bits per heavy atom. The number of aryl methyl sites for hydroxylation is 1. The zero-order valence-corrected chi connectivity index (χ0v) is 14.8. The van der Waals surface area contributed by atoms with Gasteiger partial charge in [-0.15, -0.1) is 0 Å². The smallest absolute Gasteiger partial charge is 0.298 e. The Morgan fingerprint density at radius 1 is 1.24 bits per heavy atom. The van der Waals surface area contributed by atoms with E-state index < -0.39 is 28.3 Å². The predicted octanol–water partition coefficient (Wildman–Crippen LogP) is 2.70. The fraction of sp³-hybridized carbons (Fsp3) is 0.333. The van der Waals surface area contributed by atoms with Crippen LogP contribution in [0.15, 0.2) is 47.4 Å². The number of likely N-dealkylation sites (N-methyl/N-ethyl adjacent to an activating group) is 1. The molecule has 2 atom stereocenters. The molecule has 0 saturated heterocycles. The highest BCUT2D eigenvalue weighted by molar-refractivity contribution is 7.86. The second kappa shape index (κ2) is 7.21. The van der Waals surface area contributed by atoms with Crippen molar-refractivity contribution in [2.24, 2.45) is 0 Å². The van der Waals surface area contributed by atoms with E-state index >= 15 is 0 Å². The largest absolute Gasteiger partial charge is 0.369 e. The van der Waals surface area contributed by atoms with Gasteiger partial charge in [0.05, 0.1) is 11.5 Å². The number of halogens is 1. The Morgan fingerprint density at radius 2 is 1.96 bits per heavy atom. The van der Waals surface area contributed by atoms with Gasteiger partial charge in [-0.2, -0.15) is 8.42 Å². The maximum Gasteiger partial charge on any atom is 0.298 e. The summed E-state index contributed by atoms with van der Waals surface area (Å²) in [6.45, 7) is 2.23. The molecular weight excluding hydrogens is 345 g/mol. The predicted molar refractivity (Wildman–Crippen MR) is 91.1 cm³/mol. The molecule has 0 aliphatic carbocycles. The van der Waals surface area contributed by atoms with E-state index in [0.29, 0.717) is 18.6 Å². The first-order chi connectivity index (χ1) is 11.9. The number of nitrogens with one attached hydrogen (secondary N) is 1. The van der Waals surface area contributed by atoms with Crippen LogP contribution in [0.3, 0.4) is 0 Å². The number of benzene rings is 2. The summed E-state index contributed by atoms with van der Waals surface area (Å²) in [6.07, 6.45) is -1.32. The Balaban J connectivity index is 1.91.